The molecule has 63 heavy (non-hydrogen) atoms. The van der Waals surface area contributed by atoms with Gasteiger partial charge >= 0.3 is 11.9 Å². The number of aromatic amines is 1. The fraction of sp³-hybridized carbons (Fsp3) is 0. The van der Waals surface area contributed by atoms with Crippen molar-refractivity contribution in [2.75, 3.05) is 0 Å². The Bertz CT molecular complexity index is 3460. The lowest BCUT2D eigenvalue weighted by Crippen LogP contribution is -2.14. The maximum absolute atomic E-state index is 13.1. The number of hydrogen-bond donors (Lipinski definition) is 8. The van der Waals surface area contributed by atoms with Crippen LogP contribution in [0.25, 0.3) is 16.5 Å². The molecule has 1 aromatic heterocycles. The van der Waals surface area contributed by atoms with Crippen LogP contribution in [0.2, 0.25) is 0 Å². The molecule has 0 fully saturated rings. The number of hydrogen-bond acceptors (Lipinski definition) is 19. The van der Waals surface area contributed by atoms with Gasteiger partial charge in [0.25, 0.3) is 41.6 Å². The highest BCUT2D eigenvalue weighted by atomic mass is 32.2. The zero-order chi connectivity index (χ0) is 46.3. The summed E-state index contributed by atoms with van der Waals surface area (Å²) in [6, 6.07) is 11.8. The Morgan fingerprint density at radius 3 is 1.79 bits per heavy atom. The van der Waals surface area contributed by atoms with Crippen LogP contribution >= 0.6 is 0 Å². The number of aromatic nitrogens is 2. The molecule has 1 heterocycles. The van der Waals surface area contributed by atoms with Gasteiger partial charge in [0, 0.05) is 6.07 Å². The van der Waals surface area contributed by atoms with Crippen molar-refractivity contribution in [3.63, 3.8) is 0 Å². The van der Waals surface area contributed by atoms with Gasteiger partial charge in [-0.25, -0.2) is 14.3 Å². The molecule has 0 atom stereocenters. The van der Waals surface area contributed by atoms with Crippen LogP contribution in [0.4, 0.5) is 39.8 Å². The Morgan fingerprint density at radius 2 is 1.21 bits per heavy atom. The van der Waals surface area contributed by atoms with E-state index in [9.17, 15) is 83.8 Å². The molecule has 0 aliphatic rings. The van der Waals surface area contributed by atoms with Crippen molar-refractivity contribution in [2.45, 2.75) is 14.7 Å². The van der Waals surface area contributed by atoms with Crippen LogP contribution < -0.4 is 5.56 Å². The number of nitro groups is 1. The molecule has 0 saturated carbocycles. The number of phenols is 2. The number of rotatable bonds is 13. The van der Waals surface area contributed by atoms with Gasteiger partial charge in [0.05, 0.1) is 32.3 Å². The zero-order valence-corrected chi connectivity index (χ0v) is 32.9. The van der Waals surface area contributed by atoms with E-state index in [1.165, 1.54) is 0 Å². The van der Waals surface area contributed by atoms with Gasteiger partial charge in [0.2, 0.25) is 0 Å². The molecule has 6 rings (SSSR count). The van der Waals surface area contributed by atoms with Gasteiger partial charge in [-0.2, -0.15) is 35.5 Å². The molecule has 0 aliphatic heterocycles. The lowest BCUT2D eigenvalue weighted by atomic mass is 10.1. The van der Waals surface area contributed by atoms with Crippen molar-refractivity contribution in [1.82, 2.24) is 9.78 Å². The number of phenolic OH excluding ortho intramolecular Hbond substituents is 2. The molecule has 30 heteroatoms. The predicted molar refractivity (Wildman–Crippen MR) is 209 cm³/mol. The van der Waals surface area contributed by atoms with Crippen molar-refractivity contribution >= 4 is 92.9 Å². The maximum Gasteiger partial charge on any atom is 0.356 e. The molecule has 27 nitrogen and oxygen atoms in total. The summed E-state index contributed by atoms with van der Waals surface area (Å²) in [6.07, 6.45) is 0. The van der Waals surface area contributed by atoms with E-state index >= 15 is 0 Å². The number of carbonyl (C=O) groups is 2. The number of carboxylic acid groups (broad SMARTS) is 2. The van der Waals surface area contributed by atoms with Crippen LogP contribution in [0, 0.1) is 10.1 Å². The number of fused-ring (bicyclic) bond motifs is 1. The third kappa shape index (κ3) is 9.14. The highest BCUT2D eigenvalue weighted by Crippen LogP contribution is 2.48. The van der Waals surface area contributed by atoms with Gasteiger partial charge in [-0.05, 0) is 72.1 Å². The number of azo groups is 3. The number of H-pyrrole nitrogens is 1. The van der Waals surface area contributed by atoms with Crippen LogP contribution in [0.3, 0.4) is 0 Å². The Hall–Kier alpha value is -8.16. The Balaban J connectivity index is 1.39. The third-order valence-electron chi connectivity index (χ3n) is 8.35. The van der Waals surface area contributed by atoms with E-state index in [0.29, 0.717) is 10.7 Å². The molecule has 0 saturated heterocycles. The van der Waals surface area contributed by atoms with E-state index in [0.717, 1.165) is 72.8 Å². The Morgan fingerprint density at radius 1 is 0.635 bits per heavy atom. The number of aromatic hydroxyl groups is 2. The minimum atomic E-state index is -5.30. The summed E-state index contributed by atoms with van der Waals surface area (Å²) < 4.78 is 102. The molecule has 0 spiro atoms. The monoisotopic (exact) mass is 927 g/mol. The largest absolute Gasteiger partial charge is 0.505 e. The fourth-order valence-corrected chi connectivity index (χ4v) is 7.28. The summed E-state index contributed by atoms with van der Waals surface area (Å²) in [5.41, 5.74) is -7.50. The highest BCUT2D eigenvalue weighted by Gasteiger charge is 2.26. The van der Waals surface area contributed by atoms with E-state index in [2.05, 4.69) is 35.8 Å². The first-order chi connectivity index (χ1) is 29.4. The molecule has 5 aromatic carbocycles. The summed E-state index contributed by atoms with van der Waals surface area (Å²) in [5.74, 6) is -5.49. The third-order valence-corrected chi connectivity index (χ3v) is 11.0. The second kappa shape index (κ2) is 16.4. The molecule has 6 aromatic rings. The number of aromatic carboxylic acids is 2. The second-order valence-electron chi connectivity index (χ2n) is 12.3. The minimum Gasteiger partial charge on any atom is -0.505 e. The predicted octanol–water partition coefficient (Wildman–Crippen LogP) is 6.02. The molecular weight excluding hydrogens is 907 g/mol. The van der Waals surface area contributed by atoms with Crippen molar-refractivity contribution in [1.29, 1.82) is 0 Å². The molecule has 0 amide bonds. The van der Waals surface area contributed by atoms with Gasteiger partial charge in [-0.3, -0.25) is 33.7 Å². The molecular formula is C33H21N9O18S3. The van der Waals surface area contributed by atoms with Gasteiger partial charge in [0.15, 0.2) is 22.9 Å². The second-order valence-corrected chi connectivity index (χ2v) is 16.5. The molecule has 0 radical (unpaired) electrons. The quantitative estimate of drug-likeness (QED) is 0.0284. The van der Waals surface area contributed by atoms with Crippen LogP contribution in [-0.4, -0.2) is 86.0 Å². The molecule has 0 bridgehead atoms. The molecule has 8 N–H and O–H groups in total. The summed E-state index contributed by atoms with van der Waals surface area (Å²) >= 11 is 0. The van der Waals surface area contributed by atoms with Crippen LogP contribution in [0.1, 0.15) is 20.8 Å². The lowest BCUT2D eigenvalue weighted by molar-refractivity contribution is -0.385. The zero-order valence-electron chi connectivity index (χ0n) is 30.4. The average Bonchev–Trinajstić information content (AvgIpc) is 3.53. The molecule has 0 unspecified atom stereocenters. The maximum atomic E-state index is 13.1. The van der Waals surface area contributed by atoms with Gasteiger partial charge in [0.1, 0.15) is 32.4 Å². The van der Waals surface area contributed by atoms with Gasteiger partial charge < -0.3 is 20.4 Å². The number of nitrogens with one attached hydrogen (secondary N) is 1. The minimum absolute atomic E-state index is 0.118. The van der Waals surface area contributed by atoms with Crippen molar-refractivity contribution in [3.05, 3.63) is 111 Å². The average molecular weight is 928 g/mol. The first kappa shape index (κ1) is 44.4. The smallest absolute Gasteiger partial charge is 0.356 e. The van der Waals surface area contributed by atoms with Crippen LogP contribution in [-0.2, 0) is 30.4 Å². The standard InChI is InChI=1S/C33H21N9O18S3/c43-29-21(37-34-15-3-10-22(42(50)51)19(12-15)32(46)47)8-1-14-11-24(63(58,59)60)26(30(44)25(14)29)38-36-20-9-2-16(13-23(20)62(55,56)57)35-39-27-28(33(48)49)40-41(31(27)45)17-4-6-18(7-5-17)61(52,53)54/h1-13,40,43-44H,(H,46,47)(H,48,49)(H,52,53,54)(H,55,56,57)(H,58,59,60). The highest BCUT2D eigenvalue weighted by molar-refractivity contribution is 7.86. The van der Waals surface area contributed by atoms with Gasteiger partial charge in [-0.1, -0.05) is 6.07 Å². The van der Waals surface area contributed by atoms with Crippen LogP contribution in [0.15, 0.2) is 129 Å². The van der Waals surface area contributed by atoms with Crippen molar-refractivity contribution < 1.29 is 73.9 Å². The summed E-state index contributed by atoms with van der Waals surface area (Å²) in [4.78, 5) is 44.0. The summed E-state index contributed by atoms with van der Waals surface area (Å²) in [7, 11) is -15.2. The number of nitrogens with zero attached hydrogens (tertiary/aromatic N) is 8. The molecule has 324 valence electrons. The SMILES string of the molecule is O=C(O)c1cc(N=Nc2ccc3cc(S(=O)(=O)O)c(N=Nc4ccc(N=Nc5c(C(=O)O)[nH]n(-c6ccc(S(=O)(=O)O)cc6)c5=O)cc4S(=O)(=O)O)c(O)c3c2O)ccc1[N+](=O)[O-]. The first-order valence-electron chi connectivity index (χ1n) is 16.4. The molecule has 0 aliphatic carbocycles. The van der Waals surface area contributed by atoms with Gasteiger partial charge in [-0.15, -0.1) is 20.5 Å². The topological polar surface area (TPSA) is 433 Å². The van der Waals surface area contributed by atoms with E-state index in [1.54, 1.807) is 0 Å². The van der Waals surface area contributed by atoms with E-state index in [-0.39, 0.29) is 16.8 Å². The number of carboxylic acids is 2. The fourth-order valence-electron chi connectivity index (χ4n) is 5.50. The lowest BCUT2D eigenvalue weighted by Gasteiger charge is -2.11. The van der Waals surface area contributed by atoms with E-state index in [4.69, 9.17) is 0 Å². The number of nitro benzene ring substituents is 1. The van der Waals surface area contributed by atoms with Crippen molar-refractivity contribution in [3.8, 4) is 17.2 Å². The van der Waals surface area contributed by atoms with Crippen molar-refractivity contribution in [2.24, 2.45) is 30.7 Å². The van der Waals surface area contributed by atoms with Crippen LogP contribution in [0.5, 0.6) is 11.5 Å². The summed E-state index contributed by atoms with van der Waals surface area (Å²) in [6.45, 7) is 0. The normalized spacial score (nSPS) is 12.5. The Labute approximate surface area is 348 Å². The Kier molecular flexibility index (Phi) is 11.5. The van der Waals surface area contributed by atoms with E-state index < -0.39 is 130 Å². The van der Waals surface area contributed by atoms with E-state index in [1.807, 2.05) is 0 Å². The summed E-state index contributed by atoms with van der Waals surface area (Å²) in [5, 5.41) is 75.7. The first-order valence-corrected chi connectivity index (χ1v) is 20.7. The number of benzene rings is 5.